The van der Waals surface area contributed by atoms with Gasteiger partial charge >= 0.3 is 0 Å². The van der Waals surface area contributed by atoms with Crippen molar-refractivity contribution in [3.8, 4) is 5.75 Å². The Bertz CT molecular complexity index is 445. The number of benzene rings is 1. The Balaban J connectivity index is 2.71. The monoisotopic (exact) mass is 279 g/mol. The van der Waals surface area contributed by atoms with Crippen LogP contribution < -0.4 is 10.1 Å². The predicted octanol–water partition coefficient (Wildman–Crippen LogP) is 3.81. The summed E-state index contributed by atoms with van der Waals surface area (Å²) in [4.78, 5) is 0. The van der Waals surface area contributed by atoms with E-state index < -0.39 is 0 Å². The molecule has 3 heteroatoms. The number of methoxy groups -OCH3 is 1. The number of ether oxygens (including phenoxy) is 1. The number of hydrogen-bond donors (Lipinski definition) is 1. The average molecular weight is 279 g/mol. The molecular formula is C17H26FNO. The summed E-state index contributed by atoms with van der Waals surface area (Å²) in [6.45, 7) is 12.2. The van der Waals surface area contributed by atoms with Crippen molar-refractivity contribution in [2.24, 2.45) is 11.3 Å². The standard InChI is InChI=1S/C17H26FNO/c1-6-17(4,12-19-11-13(2)3)10-14-7-8-16(20-5)15(18)9-14/h6-9,13,19H,1,10-12H2,2-5H3. The fraction of sp³-hybridized carbons (Fsp3) is 0.529. The second-order valence-electron chi connectivity index (χ2n) is 6.03. The van der Waals surface area contributed by atoms with Crippen LogP contribution >= 0.6 is 0 Å². The van der Waals surface area contributed by atoms with Crippen molar-refractivity contribution in [1.29, 1.82) is 0 Å². The Morgan fingerprint density at radius 2 is 2.15 bits per heavy atom. The molecule has 1 N–H and O–H groups in total. The summed E-state index contributed by atoms with van der Waals surface area (Å²) in [5.41, 5.74) is 0.868. The molecule has 20 heavy (non-hydrogen) atoms. The third-order valence-electron chi connectivity index (χ3n) is 3.40. The molecule has 1 rings (SSSR count). The van der Waals surface area contributed by atoms with Crippen molar-refractivity contribution in [2.75, 3.05) is 20.2 Å². The molecule has 112 valence electrons. The maximum absolute atomic E-state index is 13.7. The molecule has 0 radical (unpaired) electrons. The van der Waals surface area contributed by atoms with Crippen LogP contribution in [0.5, 0.6) is 5.75 Å². The van der Waals surface area contributed by atoms with Gasteiger partial charge in [-0.25, -0.2) is 4.39 Å². The third-order valence-corrected chi connectivity index (χ3v) is 3.40. The molecule has 1 aromatic carbocycles. The summed E-state index contributed by atoms with van der Waals surface area (Å²) in [6.07, 6.45) is 2.70. The van der Waals surface area contributed by atoms with Crippen molar-refractivity contribution in [2.45, 2.75) is 27.2 Å². The quantitative estimate of drug-likeness (QED) is 0.731. The normalized spacial score (nSPS) is 14.1. The minimum absolute atomic E-state index is 0.0874. The Morgan fingerprint density at radius 3 is 2.65 bits per heavy atom. The van der Waals surface area contributed by atoms with E-state index in [1.807, 2.05) is 12.1 Å². The van der Waals surface area contributed by atoms with Crippen molar-refractivity contribution >= 4 is 0 Å². The number of hydrogen-bond acceptors (Lipinski definition) is 2. The van der Waals surface area contributed by atoms with Crippen LogP contribution in [-0.4, -0.2) is 20.2 Å². The molecule has 0 aliphatic rings. The van der Waals surface area contributed by atoms with Gasteiger partial charge < -0.3 is 10.1 Å². The number of rotatable bonds is 8. The first kappa shape index (κ1) is 16.7. The Kier molecular flexibility index (Phi) is 6.21. The molecule has 0 saturated heterocycles. The molecule has 0 aliphatic carbocycles. The zero-order chi connectivity index (χ0) is 15.2. The fourth-order valence-corrected chi connectivity index (χ4v) is 2.14. The first-order valence-electron chi connectivity index (χ1n) is 7.07. The molecular weight excluding hydrogens is 253 g/mol. The van der Waals surface area contributed by atoms with Gasteiger partial charge in [-0.15, -0.1) is 6.58 Å². The molecule has 1 atom stereocenters. The minimum atomic E-state index is -0.313. The lowest BCUT2D eigenvalue weighted by molar-refractivity contribution is 0.372. The van der Waals surface area contributed by atoms with Gasteiger partial charge in [-0.1, -0.05) is 32.9 Å². The van der Waals surface area contributed by atoms with Gasteiger partial charge in [0.25, 0.3) is 0 Å². The highest BCUT2D eigenvalue weighted by molar-refractivity contribution is 5.30. The van der Waals surface area contributed by atoms with E-state index in [0.717, 1.165) is 25.1 Å². The molecule has 1 aromatic rings. The van der Waals surface area contributed by atoms with E-state index in [4.69, 9.17) is 4.74 Å². The number of nitrogens with one attached hydrogen (secondary N) is 1. The van der Waals surface area contributed by atoms with E-state index >= 15 is 0 Å². The smallest absolute Gasteiger partial charge is 0.165 e. The topological polar surface area (TPSA) is 21.3 Å². The molecule has 0 heterocycles. The van der Waals surface area contributed by atoms with E-state index in [-0.39, 0.29) is 17.0 Å². The van der Waals surface area contributed by atoms with Crippen molar-refractivity contribution < 1.29 is 9.13 Å². The van der Waals surface area contributed by atoms with E-state index in [9.17, 15) is 4.39 Å². The highest BCUT2D eigenvalue weighted by Crippen LogP contribution is 2.26. The second kappa shape index (κ2) is 7.44. The van der Waals surface area contributed by atoms with Crippen molar-refractivity contribution in [3.63, 3.8) is 0 Å². The lowest BCUT2D eigenvalue weighted by atomic mass is 9.83. The maximum Gasteiger partial charge on any atom is 0.165 e. The molecule has 0 amide bonds. The van der Waals surface area contributed by atoms with Crippen LogP contribution in [0.25, 0.3) is 0 Å². The Labute approximate surface area is 122 Å². The Morgan fingerprint density at radius 1 is 1.45 bits per heavy atom. The van der Waals surface area contributed by atoms with E-state index in [1.165, 1.54) is 7.11 Å². The zero-order valence-electron chi connectivity index (χ0n) is 13.0. The fourth-order valence-electron chi connectivity index (χ4n) is 2.14. The molecule has 0 fully saturated rings. The van der Waals surface area contributed by atoms with Gasteiger partial charge in [0.05, 0.1) is 7.11 Å². The zero-order valence-corrected chi connectivity index (χ0v) is 13.0. The van der Waals surface area contributed by atoms with E-state index in [0.29, 0.717) is 5.92 Å². The summed E-state index contributed by atoms with van der Waals surface area (Å²) in [7, 11) is 1.47. The van der Waals surface area contributed by atoms with Gasteiger partial charge in [0.1, 0.15) is 0 Å². The molecule has 0 aromatic heterocycles. The molecule has 0 bridgehead atoms. The van der Waals surface area contributed by atoms with Gasteiger partial charge in [-0.3, -0.25) is 0 Å². The molecule has 2 nitrogen and oxygen atoms in total. The number of halogens is 1. The first-order chi connectivity index (χ1) is 9.40. The predicted molar refractivity (Wildman–Crippen MR) is 82.7 cm³/mol. The molecule has 0 spiro atoms. The van der Waals surface area contributed by atoms with Crippen LogP contribution in [0.3, 0.4) is 0 Å². The van der Waals surface area contributed by atoms with Crippen molar-refractivity contribution in [1.82, 2.24) is 5.32 Å². The Hall–Kier alpha value is -1.35. The van der Waals surface area contributed by atoms with Crippen LogP contribution in [0.1, 0.15) is 26.3 Å². The van der Waals surface area contributed by atoms with Gasteiger partial charge in [0, 0.05) is 12.0 Å². The SMILES string of the molecule is C=CC(C)(CNCC(C)C)Cc1ccc(OC)c(F)c1. The molecule has 0 saturated carbocycles. The third kappa shape index (κ3) is 4.97. The summed E-state index contributed by atoms with van der Waals surface area (Å²) in [5.74, 6) is 0.584. The summed E-state index contributed by atoms with van der Waals surface area (Å²) in [6, 6.07) is 5.13. The minimum Gasteiger partial charge on any atom is -0.494 e. The largest absolute Gasteiger partial charge is 0.494 e. The lowest BCUT2D eigenvalue weighted by Gasteiger charge is -2.27. The van der Waals surface area contributed by atoms with Crippen LogP contribution in [0.4, 0.5) is 4.39 Å². The molecule has 1 unspecified atom stereocenters. The summed E-state index contributed by atoms with van der Waals surface area (Å²) >= 11 is 0. The van der Waals surface area contributed by atoms with Gasteiger partial charge in [-0.05, 0) is 36.6 Å². The summed E-state index contributed by atoms with van der Waals surface area (Å²) < 4.78 is 18.7. The highest BCUT2D eigenvalue weighted by atomic mass is 19.1. The van der Waals surface area contributed by atoms with Gasteiger partial charge in [0.15, 0.2) is 11.6 Å². The lowest BCUT2D eigenvalue weighted by Crippen LogP contribution is -2.34. The second-order valence-corrected chi connectivity index (χ2v) is 6.03. The highest BCUT2D eigenvalue weighted by Gasteiger charge is 2.21. The maximum atomic E-state index is 13.7. The van der Waals surface area contributed by atoms with E-state index in [2.05, 4.69) is 32.7 Å². The average Bonchev–Trinajstić information content (AvgIpc) is 2.38. The first-order valence-corrected chi connectivity index (χ1v) is 7.07. The van der Waals surface area contributed by atoms with Crippen LogP contribution in [0.15, 0.2) is 30.9 Å². The van der Waals surface area contributed by atoms with Crippen LogP contribution in [-0.2, 0) is 6.42 Å². The van der Waals surface area contributed by atoms with Gasteiger partial charge in [0.2, 0.25) is 0 Å². The van der Waals surface area contributed by atoms with Crippen LogP contribution in [0.2, 0.25) is 0 Å². The van der Waals surface area contributed by atoms with Crippen LogP contribution in [0, 0.1) is 17.2 Å². The van der Waals surface area contributed by atoms with E-state index in [1.54, 1.807) is 12.1 Å². The summed E-state index contributed by atoms with van der Waals surface area (Å²) in [5, 5.41) is 3.44. The molecule has 0 aliphatic heterocycles. The van der Waals surface area contributed by atoms with Gasteiger partial charge in [-0.2, -0.15) is 0 Å². The van der Waals surface area contributed by atoms with Crippen molar-refractivity contribution in [3.05, 3.63) is 42.2 Å².